The van der Waals surface area contributed by atoms with Crippen LogP contribution in [-0.4, -0.2) is 30.1 Å². The maximum absolute atomic E-state index is 11.2. The molecule has 0 heterocycles. The number of halogens is 1. The van der Waals surface area contributed by atoms with Crippen LogP contribution in [0.3, 0.4) is 0 Å². The lowest BCUT2D eigenvalue weighted by atomic mass is 10.2. The fourth-order valence-electron chi connectivity index (χ4n) is 1.22. The zero-order valence-corrected chi connectivity index (χ0v) is 11.7. The molecule has 0 atom stereocenters. The van der Waals surface area contributed by atoms with Gasteiger partial charge in [-0.2, -0.15) is 0 Å². The molecule has 9 nitrogen and oxygen atoms in total. The Morgan fingerprint density at radius 1 is 1.29 bits per heavy atom. The number of urea groups is 1. The average molecular weight is 319 g/mol. The van der Waals surface area contributed by atoms with Crippen LogP contribution in [0, 0.1) is 10.1 Å². The summed E-state index contributed by atoms with van der Waals surface area (Å²) in [6.07, 6.45) is -0.919. The van der Waals surface area contributed by atoms with Crippen LogP contribution < -0.4 is 16.4 Å². The molecule has 0 aromatic heterocycles. The Morgan fingerprint density at radius 2 is 1.90 bits per heavy atom. The van der Waals surface area contributed by atoms with Gasteiger partial charge in [0.2, 0.25) is 0 Å². The van der Waals surface area contributed by atoms with Crippen molar-refractivity contribution in [2.24, 2.45) is 5.73 Å². The Labute approximate surface area is 126 Å². The topological polar surface area (TPSA) is 137 Å². The summed E-state index contributed by atoms with van der Waals surface area (Å²) in [4.78, 5) is 32.2. The second-order valence-electron chi connectivity index (χ2n) is 3.67. The van der Waals surface area contributed by atoms with E-state index in [1.165, 1.54) is 24.3 Å². The maximum atomic E-state index is 11.2. The Hall–Kier alpha value is -2.39. The lowest BCUT2D eigenvalue weighted by Gasteiger charge is -2.07. The van der Waals surface area contributed by atoms with Crippen LogP contribution in [0.25, 0.3) is 0 Å². The first-order valence-electron chi connectivity index (χ1n) is 5.68. The van der Waals surface area contributed by atoms with E-state index in [1.807, 2.05) is 5.32 Å². The Bertz CT molecular complexity index is 494. The smallest absolute Gasteiger partial charge is 0.415 e. The van der Waals surface area contributed by atoms with Crippen molar-refractivity contribution in [1.29, 1.82) is 0 Å². The first-order chi connectivity index (χ1) is 9.52. The zero-order valence-electron chi connectivity index (χ0n) is 10.9. The van der Waals surface area contributed by atoms with E-state index in [9.17, 15) is 19.7 Å². The van der Waals surface area contributed by atoms with E-state index in [-0.39, 0.29) is 37.8 Å². The third-order valence-electron chi connectivity index (χ3n) is 2.16. The summed E-state index contributed by atoms with van der Waals surface area (Å²) in [6, 6.07) is 4.80. The van der Waals surface area contributed by atoms with Crippen molar-refractivity contribution in [3.05, 3.63) is 39.9 Å². The van der Waals surface area contributed by atoms with Crippen molar-refractivity contribution in [2.75, 3.05) is 13.1 Å². The van der Waals surface area contributed by atoms with E-state index >= 15 is 0 Å². The molecule has 0 unspecified atom stereocenters. The van der Waals surface area contributed by atoms with Gasteiger partial charge < -0.3 is 15.8 Å². The molecular weight excluding hydrogens is 304 g/mol. The predicted molar refractivity (Wildman–Crippen MR) is 76.1 cm³/mol. The van der Waals surface area contributed by atoms with Gasteiger partial charge in [-0.1, -0.05) is 0 Å². The summed E-state index contributed by atoms with van der Waals surface area (Å²) in [5.74, 6) is 0. The van der Waals surface area contributed by atoms with Gasteiger partial charge in [-0.25, -0.2) is 14.9 Å². The van der Waals surface area contributed by atoms with Gasteiger partial charge in [-0.3, -0.25) is 10.1 Å². The summed E-state index contributed by atoms with van der Waals surface area (Å²) in [5, 5.41) is 14.7. The largest absolute Gasteiger partial charge is 0.444 e. The summed E-state index contributed by atoms with van der Waals surface area (Å²) in [7, 11) is 0. The second kappa shape index (κ2) is 9.50. The SMILES string of the molecule is Cl.NCCNC(=O)NC(=O)OCc1ccc([N+](=O)[O-])cc1. The van der Waals surface area contributed by atoms with Crippen molar-refractivity contribution >= 4 is 30.2 Å². The highest BCUT2D eigenvalue weighted by Crippen LogP contribution is 2.12. The number of carbonyl (C=O) groups excluding carboxylic acids is 2. The minimum Gasteiger partial charge on any atom is -0.444 e. The molecule has 10 heteroatoms. The minimum atomic E-state index is -0.919. The van der Waals surface area contributed by atoms with E-state index in [2.05, 4.69) is 5.32 Å². The van der Waals surface area contributed by atoms with E-state index < -0.39 is 17.0 Å². The summed E-state index contributed by atoms with van der Waals surface area (Å²) < 4.78 is 4.77. The molecule has 1 aromatic carbocycles. The first kappa shape index (κ1) is 18.6. The van der Waals surface area contributed by atoms with Crippen molar-refractivity contribution in [3.63, 3.8) is 0 Å². The Kier molecular flexibility index (Phi) is 8.42. The number of hydrogen-bond donors (Lipinski definition) is 3. The fourth-order valence-corrected chi connectivity index (χ4v) is 1.22. The molecule has 1 rings (SSSR count). The normalized spacial score (nSPS) is 9.19. The molecule has 0 aliphatic rings. The van der Waals surface area contributed by atoms with Crippen LogP contribution in [0.2, 0.25) is 0 Å². The molecule has 0 aliphatic carbocycles. The molecule has 21 heavy (non-hydrogen) atoms. The van der Waals surface area contributed by atoms with Gasteiger partial charge >= 0.3 is 12.1 Å². The lowest BCUT2D eigenvalue weighted by Crippen LogP contribution is -2.41. The monoisotopic (exact) mass is 318 g/mol. The molecule has 0 saturated heterocycles. The molecular formula is C11H15ClN4O5. The highest BCUT2D eigenvalue weighted by molar-refractivity contribution is 5.90. The van der Waals surface area contributed by atoms with Gasteiger partial charge in [-0.05, 0) is 17.7 Å². The van der Waals surface area contributed by atoms with E-state index in [0.717, 1.165) is 0 Å². The molecule has 0 aliphatic heterocycles. The molecule has 0 fully saturated rings. The molecule has 0 spiro atoms. The molecule has 0 bridgehead atoms. The molecule has 0 saturated carbocycles. The second-order valence-corrected chi connectivity index (χ2v) is 3.67. The molecule has 116 valence electrons. The van der Waals surface area contributed by atoms with Gasteiger partial charge in [0.15, 0.2) is 0 Å². The standard InChI is InChI=1S/C11H14N4O5.ClH/c12-5-6-13-10(16)14-11(17)20-7-8-1-3-9(4-2-8)15(18)19;/h1-4H,5-7,12H2,(H2,13,14,16,17);1H. The number of alkyl carbamates (subject to hydrolysis) is 1. The number of carbonyl (C=O) groups is 2. The molecule has 3 amide bonds. The van der Waals surface area contributed by atoms with Gasteiger partial charge in [0, 0.05) is 25.2 Å². The number of non-ortho nitro benzene ring substituents is 1. The minimum absolute atomic E-state index is 0. The van der Waals surface area contributed by atoms with Crippen LogP contribution in [0.5, 0.6) is 0 Å². The van der Waals surface area contributed by atoms with Crippen LogP contribution in [-0.2, 0) is 11.3 Å². The van der Waals surface area contributed by atoms with E-state index in [0.29, 0.717) is 5.56 Å². The number of nitrogens with two attached hydrogens (primary N) is 1. The molecule has 4 N–H and O–H groups in total. The highest BCUT2D eigenvalue weighted by atomic mass is 35.5. The third-order valence-corrected chi connectivity index (χ3v) is 2.16. The zero-order chi connectivity index (χ0) is 15.0. The number of imide groups is 1. The van der Waals surface area contributed by atoms with Gasteiger partial charge in [0.05, 0.1) is 4.92 Å². The number of nitro benzene ring substituents is 1. The Morgan fingerprint density at radius 3 is 2.43 bits per heavy atom. The fraction of sp³-hybridized carbons (Fsp3) is 0.273. The van der Waals surface area contributed by atoms with Crippen molar-refractivity contribution in [1.82, 2.24) is 10.6 Å². The summed E-state index contributed by atoms with van der Waals surface area (Å²) >= 11 is 0. The lowest BCUT2D eigenvalue weighted by molar-refractivity contribution is -0.384. The van der Waals surface area contributed by atoms with Crippen LogP contribution in [0.1, 0.15) is 5.56 Å². The maximum Gasteiger partial charge on any atom is 0.415 e. The van der Waals surface area contributed by atoms with E-state index in [1.54, 1.807) is 0 Å². The third kappa shape index (κ3) is 7.09. The number of nitrogens with one attached hydrogen (secondary N) is 2. The van der Waals surface area contributed by atoms with Gasteiger partial charge in [0.25, 0.3) is 5.69 Å². The van der Waals surface area contributed by atoms with Crippen molar-refractivity contribution < 1.29 is 19.2 Å². The average Bonchev–Trinajstić information content (AvgIpc) is 2.43. The first-order valence-corrected chi connectivity index (χ1v) is 5.68. The van der Waals surface area contributed by atoms with Gasteiger partial charge in [0.1, 0.15) is 6.61 Å². The summed E-state index contributed by atoms with van der Waals surface area (Å²) in [5.41, 5.74) is 5.68. The van der Waals surface area contributed by atoms with Crippen LogP contribution in [0.4, 0.5) is 15.3 Å². The molecule has 1 aromatic rings. The molecule has 0 radical (unpaired) electrons. The van der Waals surface area contributed by atoms with E-state index in [4.69, 9.17) is 10.5 Å². The highest BCUT2D eigenvalue weighted by Gasteiger charge is 2.09. The van der Waals surface area contributed by atoms with Crippen molar-refractivity contribution in [2.45, 2.75) is 6.61 Å². The number of amides is 3. The number of nitro groups is 1. The number of benzene rings is 1. The van der Waals surface area contributed by atoms with Crippen LogP contribution in [0.15, 0.2) is 24.3 Å². The number of hydrogen-bond acceptors (Lipinski definition) is 6. The number of nitrogens with zero attached hydrogens (tertiary/aromatic N) is 1. The quantitative estimate of drug-likeness (QED) is 0.545. The summed E-state index contributed by atoms with van der Waals surface area (Å²) in [6.45, 7) is 0.390. The van der Waals surface area contributed by atoms with Gasteiger partial charge in [-0.15, -0.1) is 12.4 Å². The van der Waals surface area contributed by atoms with Crippen molar-refractivity contribution in [3.8, 4) is 0 Å². The number of rotatable bonds is 5. The Balaban J connectivity index is 0.00000400. The van der Waals surface area contributed by atoms with Crippen LogP contribution >= 0.6 is 12.4 Å². The number of ether oxygens (including phenoxy) is 1. The predicted octanol–water partition coefficient (Wildman–Crippen LogP) is 0.911.